The predicted molar refractivity (Wildman–Crippen MR) is 91.1 cm³/mol. The summed E-state index contributed by atoms with van der Waals surface area (Å²) in [4.78, 5) is 16.4. The number of nitrogens with zero attached hydrogens (tertiary/aromatic N) is 2. The molecule has 4 nitrogen and oxygen atoms in total. The van der Waals surface area contributed by atoms with Crippen molar-refractivity contribution in [1.29, 1.82) is 0 Å². The van der Waals surface area contributed by atoms with E-state index < -0.39 is 0 Å². The molecule has 1 aromatic rings. The number of anilines is 1. The average molecular weight is 307 g/mol. The summed E-state index contributed by atoms with van der Waals surface area (Å²) >= 11 is 1.63. The number of aryl methyl sites for hydroxylation is 1. The zero-order valence-corrected chi connectivity index (χ0v) is 13.8. The molecule has 0 aliphatic carbocycles. The van der Waals surface area contributed by atoms with E-state index in [0.29, 0.717) is 12.3 Å². The highest BCUT2D eigenvalue weighted by Crippen LogP contribution is 2.23. The second kappa shape index (κ2) is 7.71. The van der Waals surface area contributed by atoms with E-state index in [4.69, 9.17) is 5.73 Å². The lowest BCUT2D eigenvalue weighted by molar-refractivity contribution is -0.128. The van der Waals surface area contributed by atoms with Crippen LogP contribution in [0.25, 0.3) is 0 Å². The Hall–Kier alpha value is -1.20. The standard InChI is InChI=1S/C16H25N3OS/c1-13-4-3-5-15(14(13)2)18-7-9-19(10-8-18)16(20)12-21-11-6-17/h3-5H,6-12,17H2,1-2H3. The number of carbonyl (C=O) groups is 1. The summed E-state index contributed by atoms with van der Waals surface area (Å²) < 4.78 is 0. The van der Waals surface area contributed by atoms with Gasteiger partial charge in [-0.25, -0.2) is 0 Å². The van der Waals surface area contributed by atoms with E-state index >= 15 is 0 Å². The maximum Gasteiger partial charge on any atom is 0.232 e. The zero-order valence-electron chi connectivity index (χ0n) is 13.0. The fraction of sp³-hybridized carbons (Fsp3) is 0.562. The molecule has 0 aromatic heterocycles. The lowest BCUT2D eigenvalue weighted by atomic mass is 10.1. The Kier molecular flexibility index (Phi) is 5.94. The van der Waals surface area contributed by atoms with Crippen molar-refractivity contribution in [3.8, 4) is 0 Å². The Bertz CT molecular complexity index is 484. The van der Waals surface area contributed by atoms with Gasteiger partial charge >= 0.3 is 0 Å². The number of carbonyl (C=O) groups excluding carboxylic acids is 1. The first kappa shape index (κ1) is 16.2. The highest BCUT2D eigenvalue weighted by molar-refractivity contribution is 7.99. The maximum atomic E-state index is 12.1. The van der Waals surface area contributed by atoms with Crippen LogP contribution in [0, 0.1) is 13.8 Å². The van der Waals surface area contributed by atoms with Gasteiger partial charge in [-0.3, -0.25) is 4.79 Å². The van der Waals surface area contributed by atoms with Crippen molar-refractivity contribution >= 4 is 23.4 Å². The van der Waals surface area contributed by atoms with E-state index in [1.807, 2.05) is 4.90 Å². The topological polar surface area (TPSA) is 49.6 Å². The third-order valence-corrected chi connectivity index (χ3v) is 5.01. The molecule has 1 amide bonds. The molecule has 21 heavy (non-hydrogen) atoms. The lowest BCUT2D eigenvalue weighted by Gasteiger charge is -2.37. The van der Waals surface area contributed by atoms with Crippen LogP contribution < -0.4 is 10.6 Å². The fourth-order valence-electron chi connectivity index (χ4n) is 2.61. The number of hydrogen-bond acceptors (Lipinski definition) is 4. The van der Waals surface area contributed by atoms with Gasteiger partial charge in [-0.2, -0.15) is 11.8 Å². The van der Waals surface area contributed by atoms with Gasteiger partial charge in [0.25, 0.3) is 0 Å². The van der Waals surface area contributed by atoms with Crippen LogP contribution in [0.1, 0.15) is 11.1 Å². The molecule has 1 aliphatic rings. The van der Waals surface area contributed by atoms with Gasteiger partial charge in [-0.05, 0) is 31.0 Å². The molecule has 0 radical (unpaired) electrons. The van der Waals surface area contributed by atoms with Crippen molar-refractivity contribution in [3.63, 3.8) is 0 Å². The van der Waals surface area contributed by atoms with E-state index in [1.165, 1.54) is 16.8 Å². The highest BCUT2D eigenvalue weighted by Gasteiger charge is 2.21. The Morgan fingerprint density at radius 2 is 1.95 bits per heavy atom. The van der Waals surface area contributed by atoms with Crippen molar-refractivity contribution in [3.05, 3.63) is 29.3 Å². The molecular weight excluding hydrogens is 282 g/mol. The second-order valence-electron chi connectivity index (χ2n) is 5.43. The van der Waals surface area contributed by atoms with Gasteiger partial charge in [0.05, 0.1) is 5.75 Å². The smallest absolute Gasteiger partial charge is 0.232 e. The molecule has 0 bridgehead atoms. The molecular formula is C16H25N3OS. The Balaban J connectivity index is 1.88. The van der Waals surface area contributed by atoms with Gasteiger partial charge in [-0.1, -0.05) is 12.1 Å². The van der Waals surface area contributed by atoms with E-state index in [2.05, 4.69) is 36.9 Å². The summed E-state index contributed by atoms with van der Waals surface area (Å²) in [6.45, 7) is 8.41. The van der Waals surface area contributed by atoms with E-state index in [0.717, 1.165) is 31.9 Å². The number of hydrogen-bond donors (Lipinski definition) is 1. The normalized spacial score (nSPS) is 15.4. The summed E-state index contributed by atoms with van der Waals surface area (Å²) in [6.07, 6.45) is 0. The molecule has 1 saturated heterocycles. The second-order valence-corrected chi connectivity index (χ2v) is 6.53. The molecule has 1 aliphatic heterocycles. The van der Waals surface area contributed by atoms with E-state index in [-0.39, 0.29) is 5.91 Å². The molecule has 1 aromatic carbocycles. The first-order chi connectivity index (χ1) is 10.1. The number of nitrogens with two attached hydrogens (primary N) is 1. The number of amides is 1. The molecule has 0 saturated carbocycles. The molecule has 1 heterocycles. The summed E-state index contributed by atoms with van der Waals surface area (Å²) in [7, 11) is 0. The molecule has 1 fully saturated rings. The van der Waals surface area contributed by atoms with Crippen molar-refractivity contribution < 1.29 is 4.79 Å². The molecule has 0 unspecified atom stereocenters. The van der Waals surface area contributed by atoms with Crippen molar-refractivity contribution in [2.45, 2.75) is 13.8 Å². The molecule has 116 valence electrons. The first-order valence-electron chi connectivity index (χ1n) is 7.50. The van der Waals surface area contributed by atoms with Crippen LogP contribution in [0.2, 0.25) is 0 Å². The quantitative estimate of drug-likeness (QED) is 0.840. The van der Waals surface area contributed by atoms with Gasteiger partial charge in [0, 0.05) is 44.2 Å². The minimum atomic E-state index is 0.245. The van der Waals surface area contributed by atoms with Gasteiger partial charge in [0.1, 0.15) is 0 Å². The zero-order chi connectivity index (χ0) is 15.2. The fourth-order valence-corrected chi connectivity index (χ4v) is 3.28. The Labute approximate surface area is 131 Å². The number of thioether (sulfide) groups is 1. The van der Waals surface area contributed by atoms with Crippen molar-refractivity contribution in [2.75, 3.05) is 49.1 Å². The summed E-state index contributed by atoms with van der Waals surface area (Å²) in [5.74, 6) is 1.66. The molecule has 0 spiro atoms. The van der Waals surface area contributed by atoms with E-state index in [1.54, 1.807) is 11.8 Å². The predicted octanol–water partition coefficient (Wildman–Crippen LogP) is 1.64. The summed E-state index contributed by atoms with van der Waals surface area (Å²) in [5.41, 5.74) is 9.42. The van der Waals surface area contributed by atoms with E-state index in [9.17, 15) is 4.79 Å². The molecule has 0 atom stereocenters. The van der Waals surface area contributed by atoms with Crippen LogP contribution in [0.15, 0.2) is 18.2 Å². The first-order valence-corrected chi connectivity index (χ1v) is 8.65. The third kappa shape index (κ3) is 4.14. The van der Waals surface area contributed by atoms with Crippen LogP contribution in [0.5, 0.6) is 0 Å². The Morgan fingerprint density at radius 1 is 1.24 bits per heavy atom. The minimum Gasteiger partial charge on any atom is -0.368 e. The SMILES string of the molecule is Cc1cccc(N2CCN(C(=O)CSCCN)CC2)c1C. The number of piperazine rings is 1. The van der Waals surface area contributed by atoms with Gasteiger partial charge in [-0.15, -0.1) is 0 Å². The van der Waals surface area contributed by atoms with Gasteiger partial charge in [0.15, 0.2) is 0 Å². The lowest BCUT2D eigenvalue weighted by Crippen LogP contribution is -2.49. The van der Waals surface area contributed by atoms with Crippen molar-refractivity contribution in [2.24, 2.45) is 5.73 Å². The highest BCUT2D eigenvalue weighted by atomic mass is 32.2. The van der Waals surface area contributed by atoms with Crippen molar-refractivity contribution in [1.82, 2.24) is 4.90 Å². The average Bonchev–Trinajstić information content (AvgIpc) is 2.50. The summed E-state index contributed by atoms with van der Waals surface area (Å²) in [5, 5.41) is 0. The third-order valence-electron chi connectivity index (χ3n) is 4.04. The van der Waals surface area contributed by atoms with Crippen LogP contribution in [0.3, 0.4) is 0 Å². The molecule has 2 rings (SSSR count). The largest absolute Gasteiger partial charge is 0.368 e. The monoisotopic (exact) mass is 307 g/mol. The van der Waals surface area contributed by atoms with Crippen LogP contribution in [-0.4, -0.2) is 55.0 Å². The molecule has 2 N–H and O–H groups in total. The molecule has 5 heteroatoms. The van der Waals surface area contributed by atoms with Crippen LogP contribution >= 0.6 is 11.8 Å². The number of benzene rings is 1. The van der Waals surface area contributed by atoms with Gasteiger partial charge in [0.2, 0.25) is 5.91 Å². The maximum absolute atomic E-state index is 12.1. The minimum absolute atomic E-state index is 0.245. The Morgan fingerprint density at radius 3 is 2.62 bits per heavy atom. The van der Waals surface area contributed by atoms with Crippen LogP contribution in [0.4, 0.5) is 5.69 Å². The number of rotatable bonds is 5. The van der Waals surface area contributed by atoms with Gasteiger partial charge < -0.3 is 15.5 Å². The summed E-state index contributed by atoms with van der Waals surface area (Å²) in [6, 6.07) is 6.43. The van der Waals surface area contributed by atoms with Crippen LogP contribution in [-0.2, 0) is 4.79 Å².